The number of amides is 3. The molecule has 0 saturated carbocycles. The van der Waals surface area contributed by atoms with Crippen molar-refractivity contribution in [2.45, 2.75) is 45.6 Å². The van der Waals surface area contributed by atoms with Crippen LogP contribution < -0.4 is 11.1 Å². The van der Waals surface area contributed by atoms with Gasteiger partial charge in [0.1, 0.15) is 0 Å². The fourth-order valence-corrected chi connectivity index (χ4v) is 3.84. The number of thiophene rings is 1. The van der Waals surface area contributed by atoms with E-state index in [-0.39, 0.29) is 30.6 Å². The van der Waals surface area contributed by atoms with Gasteiger partial charge in [-0.1, -0.05) is 0 Å². The number of likely N-dealkylation sites (tertiary alicyclic amines) is 1. The van der Waals surface area contributed by atoms with Gasteiger partial charge in [-0.2, -0.15) is 0 Å². The lowest BCUT2D eigenvalue weighted by Gasteiger charge is -2.32. The van der Waals surface area contributed by atoms with Gasteiger partial charge >= 0.3 is 6.03 Å². The first kappa shape index (κ1) is 17.5. The molecule has 0 aromatic carbocycles. The third kappa shape index (κ3) is 4.79. The van der Waals surface area contributed by atoms with Gasteiger partial charge in [0.05, 0.1) is 0 Å². The molecule has 0 bridgehead atoms. The number of nitrogens with one attached hydrogen (secondary N) is 1. The third-order valence-electron chi connectivity index (χ3n) is 4.10. The van der Waals surface area contributed by atoms with E-state index in [1.54, 1.807) is 16.2 Å². The van der Waals surface area contributed by atoms with E-state index in [1.807, 2.05) is 19.9 Å². The molecule has 1 aromatic rings. The summed E-state index contributed by atoms with van der Waals surface area (Å²) in [7, 11) is 0. The molecule has 1 aromatic heterocycles. The minimum Gasteiger partial charge on any atom is -0.352 e. The Morgan fingerprint density at radius 1 is 1.26 bits per heavy atom. The van der Waals surface area contributed by atoms with Crippen LogP contribution in [0.15, 0.2) is 6.07 Å². The molecule has 3 amide bonds. The van der Waals surface area contributed by atoms with Crippen LogP contribution in [0.5, 0.6) is 0 Å². The maximum absolute atomic E-state index is 12.2. The maximum Gasteiger partial charge on any atom is 0.312 e. The van der Waals surface area contributed by atoms with Crippen LogP contribution in [0.1, 0.15) is 45.8 Å². The van der Waals surface area contributed by atoms with Crippen molar-refractivity contribution in [1.29, 1.82) is 0 Å². The number of ketones is 1. The lowest BCUT2D eigenvalue weighted by molar-refractivity contribution is -0.132. The highest BCUT2D eigenvalue weighted by atomic mass is 32.1. The minimum atomic E-state index is -0.526. The topological polar surface area (TPSA) is 92.5 Å². The van der Waals surface area contributed by atoms with Gasteiger partial charge in [0.15, 0.2) is 5.78 Å². The SMILES string of the molecule is Cc1cc(C(=O)CCC(=O)N2CCC(NC(N)=O)CC2)c(C)s1. The number of urea groups is 1. The summed E-state index contributed by atoms with van der Waals surface area (Å²) in [5, 5.41) is 2.67. The summed E-state index contributed by atoms with van der Waals surface area (Å²) in [6, 6.07) is 1.41. The molecule has 1 fully saturated rings. The number of carbonyl (C=O) groups is 3. The number of primary amides is 1. The van der Waals surface area contributed by atoms with Gasteiger partial charge in [-0.05, 0) is 32.8 Å². The highest BCUT2D eigenvalue weighted by molar-refractivity contribution is 7.12. The molecule has 2 heterocycles. The normalized spacial score (nSPS) is 15.5. The number of hydrogen-bond acceptors (Lipinski definition) is 4. The van der Waals surface area contributed by atoms with Crippen LogP contribution in [0.4, 0.5) is 4.79 Å². The number of aryl methyl sites for hydroxylation is 2. The van der Waals surface area contributed by atoms with E-state index < -0.39 is 6.03 Å². The number of Topliss-reactive ketones (excluding diaryl/α,β-unsaturated/α-hetero) is 1. The second kappa shape index (κ2) is 7.59. The Balaban J connectivity index is 1.78. The molecule has 7 heteroatoms. The number of nitrogens with zero attached hydrogens (tertiary/aromatic N) is 1. The Morgan fingerprint density at radius 2 is 1.91 bits per heavy atom. The van der Waals surface area contributed by atoms with Gasteiger partial charge in [0, 0.05) is 47.3 Å². The molecule has 0 radical (unpaired) electrons. The highest BCUT2D eigenvalue weighted by Gasteiger charge is 2.24. The van der Waals surface area contributed by atoms with E-state index in [1.165, 1.54) is 0 Å². The van der Waals surface area contributed by atoms with Crippen LogP contribution in [0.2, 0.25) is 0 Å². The Hall–Kier alpha value is -1.89. The third-order valence-corrected chi connectivity index (χ3v) is 5.07. The molecule has 0 spiro atoms. The lowest BCUT2D eigenvalue weighted by atomic mass is 10.0. The fourth-order valence-electron chi connectivity index (χ4n) is 2.90. The number of nitrogens with two attached hydrogens (primary N) is 1. The fraction of sp³-hybridized carbons (Fsp3) is 0.562. The van der Waals surface area contributed by atoms with Gasteiger partial charge in [-0.25, -0.2) is 4.79 Å². The molecule has 0 unspecified atom stereocenters. The van der Waals surface area contributed by atoms with Crippen molar-refractivity contribution in [3.05, 3.63) is 21.4 Å². The van der Waals surface area contributed by atoms with Crippen molar-refractivity contribution in [2.75, 3.05) is 13.1 Å². The van der Waals surface area contributed by atoms with Gasteiger partial charge in [0.25, 0.3) is 0 Å². The molecular weight excluding hydrogens is 314 g/mol. The molecule has 3 N–H and O–H groups in total. The zero-order valence-electron chi connectivity index (χ0n) is 13.6. The zero-order valence-corrected chi connectivity index (χ0v) is 14.4. The smallest absolute Gasteiger partial charge is 0.312 e. The van der Waals surface area contributed by atoms with Crippen molar-refractivity contribution in [3.63, 3.8) is 0 Å². The summed E-state index contributed by atoms with van der Waals surface area (Å²) in [5.41, 5.74) is 5.84. The second-order valence-electron chi connectivity index (χ2n) is 5.91. The zero-order chi connectivity index (χ0) is 17.0. The van der Waals surface area contributed by atoms with E-state index >= 15 is 0 Å². The average molecular weight is 337 g/mol. The lowest BCUT2D eigenvalue weighted by Crippen LogP contribution is -2.47. The van der Waals surface area contributed by atoms with Gasteiger partial charge < -0.3 is 16.0 Å². The molecule has 1 aliphatic heterocycles. The summed E-state index contributed by atoms with van der Waals surface area (Å²) in [4.78, 5) is 39.1. The number of carbonyl (C=O) groups excluding carboxylic acids is 3. The van der Waals surface area contributed by atoms with Crippen molar-refractivity contribution in [3.8, 4) is 0 Å². The predicted octanol–water partition coefficient (Wildman–Crippen LogP) is 1.99. The van der Waals surface area contributed by atoms with E-state index in [0.717, 1.165) is 15.3 Å². The van der Waals surface area contributed by atoms with Crippen LogP contribution in [0, 0.1) is 13.8 Å². The largest absolute Gasteiger partial charge is 0.352 e. The first-order valence-corrected chi connectivity index (χ1v) is 8.62. The van der Waals surface area contributed by atoms with Crippen LogP contribution in [-0.4, -0.2) is 41.8 Å². The summed E-state index contributed by atoms with van der Waals surface area (Å²) in [6.45, 7) is 5.09. The molecule has 1 aliphatic rings. The van der Waals surface area contributed by atoms with Gasteiger partial charge in [0.2, 0.25) is 5.91 Å². The first-order valence-electron chi connectivity index (χ1n) is 7.80. The Labute approximate surface area is 140 Å². The summed E-state index contributed by atoms with van der Waals surface area (Å²) in [6.07, 6.45) is 1.88. The Bertz CT molecular complexity index is 604. The average Bonchev–Trinajstić information content (AvgIpc) is 2.83. The van der Waals surface area contributed by atoms with Crippen molar-refractivity contribution < 1.29 is 14.4 Å². The molecule has 0 aliphatic carbocycles. The Morgan fingerprint density at radius 3 is 2.43 bits per heavy atom. The van der Waals surface area contributed by atoms with Gasteiger partial charge in [-0.15, -0.1) is 11.3 Å². The summed E-state index contributed by atoms with van der Waals surface area (Å²) in [5.74, 6) is 0.0333. The van der Waals surface area contributed by atoms with E-state index in [9.17, 15) is 14.4 Å². The van der Waals surface area contributed by atoms with Gasteiger partial charge in [-0.3, -0.25) is 9.59 Å². The predicted molar refractivity (Wildman–Crippen MR) is 89.7 cm³/mol. The summed E-state index contributed by atoms with van der Waals surface area (Å²) >= 11 is 1.60. The highest BCUT2D eigenvalue weighted by Crippen LogP contribution is 2.22. The molecule has 0 atom stereocenters. The van der Waals surface area contributed by atoms with Crippen molar-refractivity contribution in [1.82, 2.24) is 10.2 Å². The summed E-state index contributed by atoms with van der Waals surface area (Å²) < 4.78 is 0. The second-order valence-corrected chi connectivity index (χ2v) is 7.37. The minimum absolute atomic E-state index is 0.000444. The van der Waals surface area contributed by atoms with Crippen LogP contribution in [-0.2, 0) is 4.79 Å². The molecule has 126 valence electrons. The molecule has 2 rings (SSSR count). The van der Waals surface area contributed by atoms with Crippen LogP contribution >= 0.6 is 11.3 Å². The van der Waals surface area contributed by atoms with Crippen molar-refractivity contribution in [2.24, 2.45) is 5.73 Å². The van der Waals surface area contributed by atoms with Crippen LogP contribution in [0.3, 0.4) is 0 Å². The van der Waals surface area contributed by atoms with E-state index in [0.29, 0.717) is 25.9 Å². The number of piperidine rings is 1. The molecule has 6 nitrogen and oxygen atoms in total. The number of rotatable bonds is 5. The van der Waals surface area contributed by atoms with E-state index in [2.05, 4.69) is 5.32 Å². The Kier molecular flexibility index (Phi) is 5.76. The molecule has 23 heavy (non-hydrogen) atoms. The standard InChI is InChI=1S/C16H23N3O3S/c1-10-9-13(11(2)23-10)14(20)3-4-15(21)19-7-5-12(6-8-19)18-16(17)22/h9,12H,3-8H2,1-2H3,(H3,17,18,22). The quantitative estimate of drug-likeness (QED) is 0.805. The maximum atomic E-state index is 12.2. The monoisotopic (exact) mass is 337 g/mol. The first-order chi connectivity index (χ1) is 10.9. The van der Waals surface area contributed by atoms with Crippen LogP contribution in [0.25, 0.3) is 0 Å². The van der Waals surface area contributed by atoms with E-state index in [4.69, 9.17) is 5.73 Å². The molecular formula is C16H23N3O3S. The number of hydrogen-bond donors (Lipinski definition) is 2. The molecule has 1 saturated heterocycles. The van der Waals surface area contributed by atoms with Crippen molar-refractivity contribution >= 4 is 29.1 Å².